The van der Waals surface area contributed by atoms with E-state index in [0.29, 0.717) is 12.4 Å². The standard InChI is InChI=1S/C20H20N2O5/c1-2-12-21-20(25)22-18(23)14-27-19(24)16-8-10-17(11-9-16)26-13-15-6-4-3-5-7-15/h2-11H,1,12-14H2,(H2,21,22,23,25). The third-order valence-corrected chi connectivity index (χ3v) is 3.33. The first-order valence-electron chi connectivity index (χ1n) is 8.21. The number of rotatable bonds is 8. The van der Waals surface area contributed by atoms with Gasteiger partial charge < -0.3 is 14.8 Å². The van der Waals surface area contributed by atoms with Gasteiger partial charge in [0.2, 0.25) is 0 Å². The molecule has 2 N–H and O–H groups in total. The lowest BCUT2D eigenvalue weighted by molar-refractivity contribution is -0.123. The minimum absolute atomic E-state index is 0.220. The first-order valence-corrected chi connectivity index (χ1v) is 8.21. The largest absolute Gasteiger partial charge is 0.489 e. The summed E-state index contributed by atoms with van der Waals surface area (Å²) in [5.74, 6) is -0.800. The van der Waals surface area contributed by atoms with Crippen LogP contribution in [0.15, 0.2) is 67.3 Å². The van der Waals surface area contributed by atoms with Gasteiger partial charge in [-0.3, -0.25) is 10.1 Å². The van der Waals surface area contributed by atoms with Crippen molar-refractivity contribution in [2.45, 2.75) is 6.61 Å². The lowest BCUT2D eigenvalue weighted by Gasteiger charge is -2.08. The van der Waals surface area contributed by atoms with E-state index < -0.39 is 24.5 Å². The fourth-order valence-corrected chi connectivity index (χ4v) is 2.01. The number of amides is 3. The maximum atomic E-state index is 11.9. The van der Waals surface area contributed by atoms with Crippen LogP contribution >= 0.6 is 0 Å². The summed E-state index contributed by atoms with van der Waals surface area (Å²) in [5, 5.41) is 4.40. The molecule has 0 fully saturated rings. The van der Waals surface area contributed by atoms with Crippen LogP contribution in [0.1, 0.15) is 15.9 Å². The van der Waals surface area contributed by atoms with Gasteiger partial charge in [-0.2, -0.15) is 0 Å². The zero-order valence-electron chi connectivity index (χ0n) is 14.6. The molecule has 0 aliphatic heterocycles. The Morgan fingerprint density at radius 3 is 2.37 bits per heavy atom. The summed E-state index contributed by atoms with van der Waals surface area (Å²) in [4.78, 5) is 34.8. The SMILES string of the molecule is C=CCNC(=O)NC(=O)COC(=O)c1ccc(OCc2ccccc2)cc1. The van der Waals surface area contributed by atoms with Crippen LogP contribution in [-0.4, -0.2) is 31.1 Å². The van der Waals surface area contributed by atoms with Crippen molar-refractivity contribution in [3.8, 4) is 5.75 Å². The smallest absolute Gasteiger partial charge is 0.338 e. The molecular formula is C20H20N2O5. The van der Waals surface area contributed by atoms with E-state index in [2.05, 4.69) is 11.9 Å². The lowest BCUT2D eigenvalue weighted by atomic mass is 10.2. The van der Waals surface area contributed by atoms with Gasteiger partial charge in [0.05, 0.1) is 5.56 Å². The Morgan fingerprint density at radius 1 is 1.00 bits per heavy atom. The van der Waals surface area contributed by atoms with Crippen LogP contribution in [0.5, 0.6) is 5.75 Å². The molecule has 0 aromatic heterocycles. The molecule has 3 amide bonds. The van der Waals surface area contributed by atoms with Crippen molar-refractivity contribution in [1.29, 1.82) is 0 Å². The van der Waals surface area contributed by atoms with E-state index in [9.17, 15) is 14.4 Å². The molecule has 0 spiro atoms. The summed E-state index contributed by atoms with van der Waals surface area (Å²) in [6.07, 6.45) is 1.47. The number of urea groups is 1. The van der Waals surface area contributed by atoms with Crippen LogP contribution in [0.3, 0.4) is 0 Å². The molecule has 0 atom stereocenters. The summed E-state index contributed by atoms with van der Waals surface area (Å²) < 4.78 is 10.5. The van der Waals surface area contributed by atoms with Crippen LogP contribution in [-0.2, 0) is 16.1 Å². The maximum Gasteiger partial charge on any atom is 0.338 e. The first-order chi connectivity index (χ1) is 13.1. The molecule has 140 valence electrons. The number of esters is 1. The molecule has 7 heteroatoms. The minimum Gasteiger partial charge on any atom is -0.489 e. The average Bonchev–Trinajstić information content (AvgIpc) is 2.70. The Labute approximate surface area is 157 Å². The Balaban J connectivity index is 1.77. The normalized spacial score (nSPS) is 9.78. The molecule has 0 unspecified atom stereocenters. The quantitative estimate of drug-likeness (QED) is 0.551. The van der Waals surface area contributed by atoms with Gasteiger partial charge in [0.25, 0.3) is 5.91 Å². The molecule has 2 aromatic carbocycles. The van der Waals surface area contributed by atoms with Gasteiger partial charge in [-0.15, -0.1) is 6.58 Å². The molecule has 0 bridgehead atoms. The molecule has 0 saturated heterocycles. The Morgan fingerprint density at radius 2 is 1.70 bits per heavy atom. The molecular weight excluding hydrogens is 348 g/mol. The van der Waals surface area contributed by atoms with Crippen molar-refractivity contribution in [3.63, 3.8) is 0 Å². The third-order valence-electron chi connectivity index (χ3n) is 3.33. The second kappa shape index (κ2) is 10.4. The van der Waals surface area contributed by atoms with E-state index in [0.717, 1.165) is 5.56 Å². The fraction of sp³-hybridized carbons (Fsp3) is 0.150. The summed E-state index contributed by atoms with van der Waals surface area (Å²) in [6, 6.07) is 15.4. The molecule has 0 radical (unpaired) electrons. The van der Waals surface area contributed by atoms with Crippen molar-refractivity contribution < 1.29 is 23.9 Å². The molecule has 0 aliphatic carbocycles. The van der Waals surface area contributed by atoms with Crippen molar-refractivity contribution in [3.05, 3.63) is 78.4 Å². The molecule has 0 aliphatic rings. The van der Waals surface area contributed by atoms with E-state index >= 15 is 0 Å². The van der Waals surface area contributed by atoms with Gasteiger partial charge in [-0.05, 0) is 29.8 Å². The van der Waals surface area contributed by atoms with E-state index in [1.807, 2.05) is 35.6 Å². The highest BCUT2D eigenvalue weighted by Crippen LogP contribution is 2.15. The van der Waals surface area contributed by atoms with Gasteiger partial charge in [0, 0.05) is 6.54 Å². The van der Waals surface area contributed by atoms with Gasteiger partial charge in [-0.25, -0.2) is 9.59 Å². The molecule has 7 nitrogen and oxygen atoms in total. The highest BCUT2D eigenvalue weighted by molar-refractivity contribution is 5.97. The molecule has 2 rings (SSSR count). The molecule has 0 saturated carbocycles. The van der Waals surface area contributed by atoms with Gasteiger partial charge >= 0.3 is 12.0 Å². The van der Waals surface area contributed by atoms with Crippen LogP contribution in [0, 0.1) is 0 Å². The predicted molar refractivity (Wildman–Crippen MR) is 99.2 cm³/mol. The zero-order valence-corrected chi connectivity index (χ0v) is 14.6. The lowest BCUT2D eigenvalue weighted by Crippen LogP contribution is -2.41. The number of imide groups is 1. The van der Waals surface area contributed by atoms with Gasteiger partial charge in [0.1, 0.15) is 12.4 Å². The Hall–Kier alpha value is -3.61. The van der Waals surface area contributed by atoms with Crippen LogP contribution in [0.4, 0.5) is 4.79 Å². The van der Waals surface area contributed by atoms with Gasteiger partial charge in [-0.1, -0.05) is 36.4 Å². The van der Waals surface area contributed by atoms with Crippen LogP contribution in [0.2, 0.25) is 0 Å². The van der Waals surface area contributed by atoms with E-state index in [-0.39, 0.29) is 12.1 Å². The molecule has 0 heterocycles. The minimum atomic E-state index is -0.729. The third kappa shape index (κ3) is 7.03. The summed E-state index contributed by atoms with van der Waals surface area (Å²) in [5.41, 5.74) is 1.30. The second-order valence-electron chi connectivity index (χ2n) is 5.42. The van der Waals surface area contributed by atoms with Crippen molar-refractivity contribution in [2.75, 3.05) is 13.2 Å². The topological polar surface area (TPSA) is 93.7 Å². The summed E-state index contributed by atoms with van der Waals surface area (Å²) in [6.45, 7) is 3.50. The van der Waals surface area contributed by atoms with Crippen molar-refractivity contribution >= 4 is 17.9 Å². The Bertz CT molecular complexity index is 788. The monoisotopic (exact) mass is 368 g/mol. The first kappa shape index (κ1) is 19.7. The van der Waals surface area contributed by atoms with Crippen molar-refractivity contribution in [1.82, 2.24) is 10.6 Å². The molecule has 2 aromatic rings. The van der Waals surface area contributed by atoms with E-state index in [1.54, 1.807) is 12.1 Å². The van der Waals surface area contributed by atoms with E-state index in [4.69, 9.17) is 9.47 Å². The fourth-order valence-electron chi connectivity index (χ4n) is 2.01. The number of carbonyl (C=O) groups is 3. The Kier molecular flexibility index (Phi) is 7.59. The molecule has 27 heavy (non-hydrogen) atoms. The number of benzene rings is 2. The summed E-state index contributed by atoms with van der Waals surface area (Å²) in [7, 11) is 0. The zero-order chi connectivity index (χ0) is 19.5. The van der Waals surface area contributed by atoms with E-state index in [1.165, 1.54) is 18.2 Å². The number of carbonyl (C=O) groups excluding carboxylic acids is 3. The highest BCUT2D eigenvalue weighted by atomic mass is 16.5. The van der Waals surface area contributed by atoms with Crippen molar-refractivity contribution in [2.24, 2.45) is 0 Å². The number of hydrogen-bond donors (Lipinski definition) is 2. The second-order valence-corrected chi connectivity index (χ2v) is 5.42. The summed E-state index contributed by atoms with van der Waals surface area (Å²) >= 11 is 0. The van der Waals surface area contributed by atoms with Crippen LogP contribution < -0.4 is 15.4 Å². The average molecular weight is 368 g/mol. The highest BCUT2D eigenvalue weighted by Gasteiger charge is 2.12. The number of ether oxygens (including phenoxy) is 2. The van der Waals surface area contributed by atoms with Gasteiger partial charge in [0.15, 0.2) is 6.61 Å². The maximum absolute atomic E-state index is 11.9. The van der Waals surface area contributed by atoms with Crippen LogP contribution in [0.25, 0.3) is 0 Å². The number of nitrogens with one attached hydrogen (secondary N) is 2. The predicted octanol–water partition coefficient (Wildman–Crippen LogP) is 2.43. The number of hydrogen-bond acceptors (Lipinski definition) is 5.